The zero-order valence-corrected chi connectivity index (χ0v) is 11.6. The summed E-state index contributed by atoms with van der Waals surface area (Å²) in [6, 6.07) is 3.76. The van der Waals surface area contributed by atoms with Gasteiger partial charge in [0.2, 0.25) is 0 Å². The van der Waals surface area contributed by atoms with Gasteiger partial charge in [-0.05, 0) is 44.9 Å². The fraction of sp³-hybridized carbons (Fsp3) is 0.538. The largest absolute Gasteiger partial charge is 0.495 e. The molecule has 0 aliphatic rings. The maximum atomic E-state index is 9.01. The van der Waals surface area contributed by atoms with Crippen molar-refractivity contribution in [3.63, 3.8) is 0 Å². The second-order valence-corrected chi connectivity index (χ2v) is 5.19. The molecule has 96 valence electrons. The normalized spacial score (nSPS) is 11.4. The molecule has 0 radical (unpaired) electrons. The van der Waals surface area contributed by atoms with Crippen molar-refractivity contribution in [1.29, 1.82) is 0 Å². The standard InChI is InChI=1S/C13H20ClNO2/c1-9-7-12(17-4)11(8-10(9)14)15-13(2,3)5-6-16/h7-8,15-16H,5-6H2,1-4H3. The number of hydrogen-bond acceptors (Lipinski definition) is 3. The molecule has 0 saturated heterocycles. The number of benzene rings is 1. The number of ether oxygens (including phenoxy) is 1. The van der Waals surface area contributed by atoms with Crippen molar-refractivity contribution < 1.29 is 9.84 Å². The number of hydrogen-bond donors (Lipinski definition) is 2. The summed E-state index contributed by atoms with van der Waals surface area (Å²) in [4.78, 5) is 0. The van der Waals surface area contributed by atoms with Gasteiger partial charge in [0, 0.05) is 17.2 Å². The summed E-state index contributed by atoms with van der Waals surface area (Å²) in [6.07, 6.45) is 0.654. The molecular formula is C13H20ClNO2. The highest BCUT2D eigenvalue weighted by Crippen LogP contribution is 2.33. The molecule has 0 fully saturated rings. The van der Waals surface area contributed by atoms with Gasteiger partial charge in [0.25, 0.3) is 0 Å². The van der Waals surface area contributed by atoms with Gasteiger partial charge in [0.1, 0.15) is 5.75 Å². The molecule has 0 unspecified atom stereocenters. The molecule has 17 heavy (non-hydrogen) atoms. The van der Waals surface area contributed by atoms with E-state index in [9.17, 15) is 0 Å². The van der Waals surface area contributed by atoms with E-state index in [0.29, 0.717) is 11.4 Å². The van der Waals surface area contributed by atoms with Crippen molar-refractivity contribution in [3.05, 3.63) is 22.7 Å². The predicted molar refractivity (Wildman–Crippen MR) is 72.1 cm³/mol. The van der Waals surface area contributed by atoms with E-state index >= 15 is 0 Å². The molecule has 1 aromatic rings. The summed E-state index contributed by atoms with van der Waals surface area (Å²) >= 11 is 6.10. The van der Waals surface area contributed by atoms with E-state index in [1.807, 2.05) is 32.9 Å². The van der Waals surface area contributed by atoms with Gasteiger partial charge in [0.15, 0.2) is 0 Å². The second-order valence-electron chi connectivity index (χ2n) is 4.78. The number of aryl methyl sites for hydroxylation is 1. The van der Waals surface area contributed by atoms with Crippen LogP contribution in [0.15, 0.2) is 12.1 Å². The van der Waals surface area contributed by atoms with Crippen LogP contribution in [-0.4, -0.2) is 24.4 Å². The zero-order valence-electron chi connectivity index (χ0n) is 10.8. The van der Waals surface area contributed by atoms with Crippen LogP contribution in [0, 0.1) is 6.92 Å². The first kappa shape index (κ1) is 14.1. The molecule has 2 N–H and O–H groups in total. The maximum absolute atomic E-state index is 9.01. The highest BCUT2D eigenvalue weighted by molar-refractivity contribution is 6.31. The van der Waals surface area contributed by atoms with Crippen molar-refractivity contribution >= 4 is 17.3 Å². The Morgan fingerprint density at radius 2 is 2.06 bits per heavy atom. The number of aliphatic hydroxyl groups is 1. The average Bonchev–Trinajstić information content (AvgIpc) is 2.22. The Morgan fingerprint density at radius 3 is 2.59 bits per heavy atom. The van der Waals surface area contributed by atoms with E-state index in [0.717, 1.165) is 17.0 Å². The van der Waals surface area contributed by atoms with Crippen LogP contribution in [0.1, 0.15) is 25.8 Å². The molecule has 0 amide bonds. The summed E-state index contributed by atoms with van der Waals surface area (Å²) in [6.45, 7) is 6.13. The van der Waals surface area contributed by atoms with Crippen LogP contribution in [0.3, 0.4) is 0 Å². The van der Waals surface area contributed by atoms with Gasteiger partial charge in [-0.1, -0.05) is 11.6 Å². The Labute approximate surface area is 108 Å². The summed E-state index contributed by atoms with van der Waals surface area (Å²) in [5.41, 5.74) is 1.62. The van der Waals surface area contributed by atoms with E-state index in [-0.39, 0.29) is 12.1 Å². The smallest absolute Gasteiger partial charge is 0.142 e. The Hall–Kier alpha value is -0.930. The molecule has 0 spiro atoms. The molecule has 0 bridgehead atoms. The highest BCUT2D eigenvalue weighted by Gasteiger charge is 2.19. The van der Waals surface area contributed by atoms with Crippen LogP contribution >= 0.6 is 11.6 Å². The molecule has 1 aromatic carbocycles. The maximum Gasteiger partial charge on any atom is 0.142 e. The number of aliphatic hydroxyl groups excluding tert-OH is 1. The van der Waals surface area contributed by atoms with Crippen LogP contribution in [0.4, 0.5) is 5.69 Å². The van der Waals surface area contributed by atoms with Gasteiger partial charge in [-0.15, -0.1) is 0 Å². The van der Waals surface area contributed by atoms with Gasteiger partial charge in [0.05, 0.1) is 12.8 Å². The molecule has 0 heterocycles. The van der Waals surface area contributed by atoms with Gasteiger partial charge in [-0.25, -0.2) is 0 Å². The Bertz CT molecular complexity index is 391. The van der Waals surface area contributed by atoms with Gasteiger partial charge < -0.3 is 15.2 Å². The highest BCUT2D eigenvalue weighted by atomic mass is 35.5. The molecule has 0 aliphatic heterocycles. The van der Waals surface area contributed by atoms with Crippen LogP contribution in [0.5, 0.6) is 5.75 Å². The second kappa shape index (κ2) is 5.61. The van der Waals surface area contributed by atoms with Gasteiger partial charge in [-0.3, -0.25) is 0 Å². The molecule has 0 saturated carbocycles. The zero-order chi connectivity index (χ0) is 13.1. The monoisotopic (exact) mass is 257 g/mol. The fourth-order valence-electron chi connectivity index (χ4n) is 1.63. The third-order valence-electron chi connectivity index (χ3n) is 2.69. The summed E-state index contributed by atoms with van der Waals surface area (Å²) in [5.74, 6) is 0.762. The van der Waals surface area contributed by atoms with Crippen LogP contribution in [-0.2, 0) is 0 Å². The van der Waals surface area contributed by atoms with Crippen LogP contribution in [0.25, 0.3) is 0 Å². The molecule has 0 atom stereocenters. The van der Waals surface area contributed by atoms with Crippen LogP contribution in [0.2, 0.25) is 5.02 Å². The van der Waals surface area contributed by atoms with Crippen LogP contribution < -0.4 is 10.1 Å². The van der Waals surface area contributed by atoms with E-state index in [1.54, 1.807) is 7.11 Å². The Morgan fingerprint density at radius 1 is 1.41 bits per heavy atom. The topological polar surface area (TPSA) is 41.5 Å². The lowest BCUT2D eigenvalue weighted by atomic mass is 10.0. The van der Waals surface area contributed by atoms with Crippen molar-refractivity contribution in [2.24, 2.45) is 0 Å². The molecule has 4 heteroatoms. The molecule has 1 rings (SSSR count). The lowest BCUT2D eigenvalue weighted by Crippen LogP contribution is -2.32. The molecule has 3 nitrogen and oxygen atoms in total. The number of halogens is 1. The molecule has 0 aliphatic carbocycles. The third kappa shape index (κ3) is 3.79. The van der Waals surface area contributed by atoms with Crippen molar-refractivity contribution in [1.82, 2.24) is 0 Å². The lowest BCUT2D eigenvalue weighted by molar-refractivity contribution is 0.260. The Balaban J connectivity index is 3.01. The van der Waals surface area contributed by atoms with E-state index in [4.69, 9.17) is 21.4 Å². The number of anilines is 1. The quantitative estimate of drug-likeness (QED) is 0.851. The predicted octanol–water partition coefficient (Wildman–Crippen LogP) is 3.23. The van der Waals surface area contributed by atoms with Gasteiger partial charge >= 0.3 is 0 Å². The minimum atomic E-state index is -0.208. The summed E-state index contributed by atoms with van der Waals surface area (Å²) in [7, 11) is 1.63. The average molecular weight is 258 g/mol. The Kier molecular flexibility index (Phi) is 4.66. The first-order chi connectivity index (χ1) is 7.89. The molecule has 0 aromatic heterocycles. The van der Waals surface area contributed by atoms with E-state index in [2.05, 4.69) is 5.32 Å². The summed E-state index contributed by atoms with van der Waals surface area (Å²) < 4.78 is 5.32. The number of methoxy groups -OCH3 is 1. The summed E-state index contributed by atoms with van der Waals surface area (Å²) in [5, 5.41) is 13.0. The fourth-order valence-corrected chi connectivity index (χ4v) is 1.79. The number of nitrogens with one attached hydrogen (secondary N) is 1. The van der Waals surface area contributed by atoms with Crippen molar-refractivity contribution in [3.8, 4) is 5.75 Å². The first-order valence-electron chi connectivity index (χ1n) is 5.63. The minimum absolute atomic E-state index is 0.141. The third-order valence-corrected chi connectivity index (χ3v) is 3.10. The van der Waals surface area contributed by atoms with Crippen molar-refractivity contribution in [2.45, 2.75) is 32.7 Å². The van der Waals surface area contributed by atoms with Gasteiger partial charge in [-0.2, -0.15) is 0 Å². The first-order valence-corrected chi connectivity index (χ1v) is 6.00. The SMILES string of the molecule is COc1cc(C)c(Cl)cc1NC(C)(C)CCO. The minimum Gasteiger partial charge on any atom is -0.495 e. The molecular weight excluding hydrogens is 238 g/mol. The number of rotatable bonds is 5. The van der Waals surface area contributed by atoms with E-state index in [1.165, 1.54) is 0 Å². The van der Waals surface area contributed by atoms with Crippen molar-refractivity contribution in [2.75, 3.05) is 19.0 Å². The van der Waals surface area contributed by atoms with E-state index < -0.39 is 0 Å². The lowest BCUT2D eigenvalue weighted by Gasteiger charge is -2.28.